The molecule has 78 heavy (non-hydrogen) atoms. The summed E-state index contributed by atoms with van der Waals surface area (Å²) >= 11 is 25.9. The minimum atomic E-state index is -1.62. The van der Waals surface area contributed by atoms with Crippen LogP contribution >= 0.6 is 46.4 Å². The SMILES string of the molecule is CC(=O)NCCCCCC(=O)N1CC(=O)NCCCCN(CC(N)=O)C(=O)[C@H](Cc2c[nH]c3ccccc23)NC(=O)[C@H](CCCN=C(N)N)NC(=O)[C@@H](Cc2cc(Cl)c(Cl)c(Cl)c2Cl)NC(=O)[C@H](Cc2cnc[nH]2)NC(=O)C1. The number of para-hydroxylation sites is 1. The van der Waals surface area contributed by atoms with E-state index in [1.54, 1.807) is 12.3 Å². The first kappa shape index (κ1) is 61.7. The highest BCUT2D eigenvalue weighted by Gasteiger charge is 2.35. The lowest BCUT2D eigenvalue weighted by atomic mass is 10.0. The molecule has 3 heterocycles. The van der Waals surface area contributed by atoms with Crippen molar-refractivity contribution in [3.63, 3.8) is 0 Å². The Morgan fingerprint density at radius 2 is 1.44 bits per heavy atom. The number of fused-ring (bicyclic) bond motifs is 1. The van der Waals surface area contributed by atoms with Crippen molar-refractivity contribution >= 4 is 116 Å². The average molecular weight is 1160 g/mol. The smallest absolute Gasteiger partial charge is 0.245 e. The van der Waals surface area contributed by atoms with E-state index in [2.05, 4.69) is 51.8 Å². The Hall–Kier alpha value is -7.15. The topological polar surface area (TPSA) is 367 Å². The number of nitrogens with two attached hydrogens (primary N) is 3. The summed E-state index contributed by atoms with van der Waals surface area (Å²) in [6.07, 6.45) is 5.61. The van der Waals surface area contributed by atoms with E-state index in [0.29, 0.717) is 37.1 Å². The van der Waals surface area contributed by atoms with Crippen LogP contribution in [-0.2, 0) is 62.4 Å². The summed E-state index contributed by atoms with van der Waals surface area (Å²) in [6, 6.07) is 2.71. The Bertz CT molecular complexity index is 2810. The zero-order valence-electron chi connectivity index (χ0n) is 42.9. The molecule has 14 N–H and O–H groups in total. The van der Waals surface area contributed by atoms with Crippen LogP contribution in [0.5, 0.6) is 0 Å². The van der Waals surface area contributed by atoms with Crippen molar-refractivity contribution in [3.8, 4) is 0 Å². The van der Waals surface area contributed by atoms with E-state index in [1.165, 1.54) is 30.4 Å². The van der Waals surface area contributed by atoms with Gasteiger partial charge in [-0.15, -0.1) is 0 Å². The summed E-state index contributed by atoms with van der Waals surface area (Å²) in [5, 5.41) is 16.6. The number of hydrogen-bond acceptors (Lipinski definition) is 11. The van der Waals surface area contributed by atoms with Crippen LogP contribution in [-0.4, -0.2) is 154 Å². The molecule has 0 unspecified atom stereocenters. The summed E-state index contributed by atoms with van der Waals surface area (Å²) in [7, 11) is 0. The quantitative estimate of drug-likeness (QED) is 0.0221. The molecule has 2 aromatic heterocycles. The molecule has 9 amide bonds. The van der Waals surface area contributed by atoms with Gasteiger partial charge in [0.2, 0.25) is 53.2 Å². The zero-order chi connectivity index (χ0) is 56.9. The molecule has 1 saturated heterocycles. The number of unbranched alkanes of at least 4 members (excludes halogenated alkanes) is 2. The van der Waals surface area contributed by atoms with E-state index in [9.17, 15) is 43.2 Å². The summed E-state index contributed by atoms with van der Waals surface area (Å²) in [6.45, 7) is 0.0324. The van der Waals surface area contributed by atoms with Crippen LogP contribution in [0.3, 0.4) is 0 Å². The van der Waals surface area contributed by atoms with Gasteiger partial charge in [0.15, 0.2) is 5.96 Å². The van der Waals surface area contributed by atoms with Gasteiger partial charge >= 0.3 is 0 Å². The third kappa shape index (κ3) is 19.4. The van der Waals surface area contributed by atoms with Crippen LogP contribution in [0.1, 0.15) is 75.1 Å². The predicted octanol–water partition coefficient (Wildman–Crippen LogP) is 1.27. The van der Waals surface area contributed by atoms with E-state index in [0.717, 1.165) is 15.8 Å². The molecule has 5 rings (SSSR count). The van der Waals surface area contributed by atoms with Crippen molar-refractivity contribution in [2.24, 2.45) is 22.2 Å². The van der Waals surface area contributed by atoms with E-state index in [1.807, 2.05) is 18.2 Å². The lowest BCUT2D eigenvalue weighted by molar-refractivity contribution is -0.140. The van der Waals surface area contributed by atoms with Gasteiger partial charge in [0.05, 0.1) is 33.0 Å². The molecule has 1 aliphatic rings. The second-order valence-corrected chi connectivity index (χ2v) is 20.1. The van der Waals surface area contributed by atoms with Gasteiger partial charge in [-0.05, 0) is 61.8 Å². The molecule has 1 fully saturated rings. The number of guanidine groups is 1. The molecular weight excluding hydrogens is 1100 g/mol. The van der Waals surface area contributed by atoms with Crippen LogP contribution in [0.2, 0.25) is 20.1 Å². The largest absolute Gasteiger partial charge is 0.370 e. The first-order chi connectivity index (χ1) is 37.2. The lowest BCUT2D eigenvalue weighted by Crippen LogP contribution is -2.60. The summed E-state index contributed by atoms with van der Waals surface area (Å²) in [5.41, 5.74) is 18.8. The van der Waals surface area contributed by atoms with Crippen molar-refractivity contribution < 1.29 is 43.2 Å². The molecule has 2 aromatic carbocycles. The van der Waals surface area contributed by atoms with Gasteiger partial charge in [0.1, 0.15) is 37.3 Å². The Kier molecular flexibility index (Phi) is 24.3. The van der Waals surface area contributed by atoms with Gasteiger partial charge in [-0.2, -0.15) is 0 Å². The fraction of sp³-hybridized carbons (Fsp3) is 0.460. The number of benzene rings is 2. The van der Waals surface area contributed by atoms with Crippen molar-refractivity contribution in [1.82, 2.24) is 56.7 Å². The van der Waals surface area contributed by atoms with Gasteiger partial charge in [0.25, 0.3) is 0 Å². The Balaban J connectivity index is 1.58. The number of nitrogens with zero attached hydrogens (tertiary/aromatic N) is 4. The normalized spacial score (nSPS) is 18.8. The highest BCUT2D eigenvalue weighted by molar-refractivity contribution is 6.52. The van der Waals surface area contributed by atoms with Crippen LogP contribution < -0.4 is 49.1 Å². The molecule has 0 bridgehead atoms. The van der Waals surface area contributed by atoms with E-state index in [-0.39, 0.29) is 102 Å². The molecule has 4 aromatic rings. The Labute approximate surface area is 469 Å². The van der Waals surface area contributed by atoms with Crippen LogP contribution in [0.15, 0.2) is 54.0 Å². The van der Waals surface area contributed by atoms with Gasteiger partial charge in [-0.25, -0.2) is 4.98 Å². The zero-order valence-corrected chi connectivity index (χ0v) is 45.9. The summed E-state index contributed by atoms with van der Waals surface area (Å²) in [4.78, 5) is 141. The molecule has 422 valence electrons. The molecule has 24 nitrogen and oxygen atoms in total. The minimum absolute atomic E-state index is 0.0159. The Morgan fingerprint density at radius 1 is 0.756 bits per heavy atom. The number of aromatic amines is 2. The van der Waals surface area contributed by atoms with Crippen LogP contribution in [0.25, 0.3) is 10.9 Å². The minimum Gasteiger partial charge on any atom is -0.370 e. The van der Waals surface area contributed by atoms with Gasteiger partial charge in [-0.1, -0.05) is 71.0 Å². The Morgan fingerprint density at radius 3 is 2.14 bits per heavy atom. The monoisotopic (exact) mass is 1160 g/mol. The second-order valence-electron chi connectivity index (χ2n) is 18.6. The highest BCUT2D eigenvalue weighted by Crippen LogP contribution is 2.38. The van der Waals surface area contributed by atoms with Crippen molar-refractivity contribution in [1.29, 1.82) is 0 Å². The molecule has 0 aliphatic carbocycles. The number of aliphatic imine (C=N–C) groups is 1. The summed E-state index contributed by atoms with van der Waals surface area (Å²) < 4.78 is 0. The molecule has 0 radical (unpaired) electrons. The summed E-state index contributed by atoms with van der Waals surface area (Å²) in [5.74, 6) is -6.72. The first-order valence-electron chi connectivity index (χ1n) is 25.2. The highest BCUT2D eigenvalue weighted by atomic mass is 35.5. The second kappa shape index (κ2) is 30.7. The number of carbonyl (C=O) groups excluding carboxylic acids is 9. The standard InChI is InChI=1S/C50H65Cl4N15O9/c1-28(70)59-14-6-2-3-13-42(74)69-25-40(72)60-15-7-8-17-68(24-39(55)71)49(78)38(20-30-22-62-34-11-5-4-10-32(30)34)67-46(75)35(12-9-16-61-50(56)57)65-47(76)36(19-29-18-33(51)44(53)45(54)43(29)52)66-48(77)37(64-41(73)26-69)21-31-23-58-27-63-31/h4-5,10-11,18,22-23,27,35-38,62H,2-3,6-9,12-17,19-21,24-26H2,1H3,(H2,55,71)(H,58,63)(H,59,70)(H,60,72)(H,64,73)(H,65,76)(H,66,77)(H,67,75)(H4,56,57,61)/t35-,36+,37-,38-/m0/s1. The van der Waals surface area contributed by atoms with Crippen molar-refractivity contribution in [3.05, 3.63) is 86.0 Å². The number of aromatic nitrogens is 3. The number of imidazole rings is 1. The maximum atomic E-state index is 14.9. The molecule has 28 heteroatoms. The number of nitrogens with one attached hydrogen (secondary N) is 8. The molecule has 0 spiro atoms. The van der Waals surface area contributed by atoms with E-state index in [4.69, 9.17) is 63.6 Å². The predicted molar refractivity (Wildman–Crippen MR) is 294 cm³/mol. The first-order valence-corrected chi connectivity index (χ1v) is 26.7. The van der Waals surface area contributed by atoms with E-state index < -0.39 is 97.5 Å². The maximum Gasteiger partial charge on any atom is 0.245 e. The number of halogens is 4. The number of hydrogen-bond donors (Lipinski definition) is 11. The van der Waals surface area contributed by atoms with Gasteiger partial charge in [0, 0.05) is 87.8 Å². The third-order valence-corrected chi connectivity index (χ3v) is 14.2. The van der Waals surface area contributed by atoms with Crippen molar-refractivity contribution in [2.75, 3.05) is 45.8 Å². The fourth-order valence-corrected chi connectivity index (χ4v) is 9.46. The number of carbonyl (C=O) groups is 9. The number of amides is 9. The molecule has 4 atom stereocenters. The molecule has 1 aliphatic heterocycles. The molecular formula is C50H65Cl4N15O9. The fourth-order valence-electron chi connectivity index (χ4n) is 8.54. The molecule has 0 saturated carbocycles. The lowest BCUT2D eigenvalue weighted by Gasteiger charge is -2.29. The average Bonchev–Trinajstić information content (AvgIpc) is 4.07. The number of primary amides is 1. The number of H-pyrrole nitrogens is 2. The van der Waals surface area contributed by atoms with Crippen LogP contribution in [0, 0.1) is 0 Å². The van der Waals surface area contributed by atoms with E-state index >= 15 is 0 Å². The maximum absolute atomic E-state index is 14.9. The third-order valence-electron chi connectivity index (χ3n) is 12.5. The van der Waals surface area contributed by atoms with Gasteiger partial charge < -0.3 is 68.9 Å². The number of rotatable bonds is 18. The van der Waals surface area contributed by atoms with Crippen LogP contribution in [0.4, 0.5) is 0 Å². The van der Waals surface area contributed by atoms with Crippen molar-refractivity contribution in [2.45, 2.75) is 102 Å². The van der Waals surface area contributed by atoms with Gasteiger partial charge in [-0.3, -0.25) is 48.1 Å².